The molecule has 3 aromatic rings. The third kappa shape index (κ3) is 5.69. The van der Waals surface area contributed by atoms with Crippen molar-refractivity contribution < 1.29 is 9.59 Å². The summed E-state index contributed by atoms with van der Waals surface area (Å²) in [4.78, 5) is 26.4. The molecule has 0 aliphatic heterocycles. The first-order valence-corrected chi connectivity index (χ1v) is 9.97. The van der Waals surface area contributed by atoms with E-state index in [1.165, 1.54) is 11.3 Å². The zero-order valence-electron chi connectivity index (χ0n) is 16.6. The second-order valence-electron chi connectivity index (χ2n) is 6.79. The first-order valence-electron chi connectivity index (χ1n) is 9.16. The van der Waals surface area contributed by atoms with E-state index in [4.69, 9.17) is 0 Å². The number of amides is 2. The van der Waals surface area contributed by atoms with E-state index in [1.807, 2.05) is 74.3 Å². The molecular weight excluding hydrogens is 386 g/mol. The quantitative estimate of drug-likeness (QED) is 0.624. The molecular formula is C21H23N5O2S. The summed E-state index contributed by atoms with van der Waals surface area (Å²) < 4.78 is 0. The largest absolute Gasteiger partial charge is 0.325 e. The van der Waals surface area contributed by atoms with Crippen LogP contribution in [-0.2, 0) is 11.3 Å². The van der Waals surface area contributed by atoms with Crippen LogP contribution in [0.5, 0.6) is 0 Å². The number of anilines is 2. The fourth-order valence-electron chi connectivity index (χ4n) is 2.72. The zero-order chi connectivity index (χ0) is 20.8. The Kier molecular flexibility index (Phi) is 6.69. The van der Waals surface area contributed by atoms with Crippen LogP contribution in [0.15, 0.2) is 48.5 Å². The number of aromatic nitrogens is 2. The standard InChI is InChI=1S/C21H23N5O2S/c1-14-8-7-11-17(15(14)2)23-18(27)12-26(3)13-19-24-25-21(29-19)20(28)22-16-9-5-4-6-10-16/h4-11H,12-13H2,1-3H3,(H,22,28)(H,23,27). The molecule has 2 amide bonds. The Balaban J connectivity index is 1.53. The van der Waals surface area contributed by atoms with E-state index in [2.05, 4.69) is 20.8 Å². The second kappa shape index (κ2) is 9.40. The summed E-state index contributed by atoms with van der Waals surface area (Å²) >= 11 is 1.22. The molecule has 0 radical (unpaired) electrons. The lowest BCUT2D eigenvalue weighted by Crippen LogP contribution is -2.30. The van der Waals surface area contributed by atoms with Crippen molar-refractivity contribution in [2.75, 3.05) is 24.2 Å². The highest BCUT2D eigenvalue weighted by Gasteiger charge is 2.15. The monoisotopic (exact) mass is 409 g/mol. The van der Waals surface area contributed by atoms with E-state index in [-0.39, 0.29) is 23.4 Å². The highest BCUT2D eigenvalue weighted by molar-refractivity contribution is 7.13. The van der Waals surface area contributed by atoms with Crippen molar-refractivity contribution in [3.05, 3.63) is 69.7 Å². The molecule has 0 spiro atoms. The van der Waals surface area contributed by atoms with Crippen LogP contribution in [0.2, 0.25) is 0 Å². The minimum atomic E-state index is -0.296. The number of para-hydroxylation sites is 1. The van der Waals surface area contributed by atoms with Crippen LogP contribution in [0, 0.1) is 13.8 Å². The molecule has 1 heterocycles. The predicted octanol–water partition coefficient (Wildman–Crippen LogP) is 3.48. The van der Waals surface area contributed by atoms with Gasteiger partial charge in [0.25, 0.3) is 5.91 Å². The number of aryl methyl sites for hydroxylation is 1. The number of nitrogens with one attached hydrogen (secondary N) is 2. The van der Waals surface area contributed by atoms with Crippen molar-refractivity contribution >= 4 is 34.5 Å². The van der Waals surface area contributed by atoms with Crippen LogP contribution >= 0.6 is 11.3 Å². The molecule has 0 aliphatic rings. The predicted molar refractivity (Wildman–Crippen MR) is 115 cm³/mol. The van der Waals surface area contributed by atoms with E-state index in [0.29, 0.717) is 17.2 Å². The molecule has 8 heteroatoms. The molecule has 29 heavy (non-hydrogen) atoms. The summed E-state index contributed by atoms with van der Waals surface area (Å²) in [7, 11) is 1.83. The Morgan fingerprint density at radius 2 is 1.76 bits per heavy atom. The van der Waals surface area contributed by atoms with Gasteiger partial charge < -0.3 is 10.6 Å². The Bertz CT molecular complexity index is 1000. The highest BCUT2D eigenvalue weighted by Crippen LogP contribution is 2.18. The lowest BCUT2D eigenvalue weighted by atomic mass is 10.1. The van der Waals surface area contributed by atoms with Crippen LogP contribution in [0.25, 0.3) is 0 Å². The molecule has 3 rings (SSSR count). The molecule has 0 aliphatic carbocycles. The smallest absolute Gasteiger partial charge is 0.286 e. The maximum atomic E-state index is 12.3. The first-order chi connectivity index (χ1) is 13.9. The maximum Gasteiger partial charge on any atom is 0.286 e. The SMILES string of the molecule is Cc1cccc(NC(=O)CN(C)Cc2nnc(C(=O)Nc3ccccc3)s2)c1C. The number of carbonyl (C=O) groups is 2. The van der Waals surface area contributed by atoms with E-state index in [0.717, 1.165) is 16.8 Å². The summed E-state index contributed by atoms with van der Waals surface area (Å²) in [5.41, 5.74) is 3.71. The maximum absolute atomic E-state index is 12.3. The van der Waals surface area contributed by atoms with Crippen LogP contribution in [0.3, 0.4) is 0 Å². The molecule has 0 atom stereocenters. The molecule has 0 unspecified atom stereocenters. The molecule has 0 fully saturated rings. The summed E-state index contributed by atoms with van der Waals surface area (Å²) in [6, 6.07) is 15.0. The first kappa shape index (κ1) is 20.6. The summed E-state index contributed by atoms with van der Waals surface area (Å²) in [5, 5.41) is 14.7. The molecule has 1 aromatic heterocycles. The molecule has 150 valence electrons. The molecule has 0 saturated heterocycles. The van der Waals surface area contributed by atoms with Crippen molar-refractivity contribution in [3.8, 4) is 0 Å². The lowest BCUT2D eigenvalue weighted by Gasteiger charge is -2.15. The number of hydrogen-bond donors (Lipinski definition) is 2. The van der Waals surface area contributed by atoms with Gasteiger partial charge in [0, 0.05) is 11.4 Å². The second-order valence-corrected chi connectivity index (χ2v) is 7.85. The molecule has 7 nitrogen and oxygen atoms in total. The van der Waals surface area contributed by atoms with E-state index < -0.39 is 0 Å². The minimum Gasteiger partial charge on any atom is -0.325 e. The van der Waals surface area contributed by atoms with Gasteiger partial charge in [-0.1, -0.05) is 41.7 Å². The van der Waals surface area contributed by atoms with Gasteiger partial charge >= 0.3 is 0 Å². The average molecular weight is 410 g/mol. The van der Waals surface area contributed by atoms with E-state index in [1.54, 1.807) is 0 Å². The van der Waals surface area contributed by atoms with E-state index >= 15 is 0 Å². The highest BCUT2D eigenvalue weighted by atomic mass is 32.1. The van der Waals surface area contributed by atoms with E-state index in [9.17, 15) is 9.59 Å². The third-order valence-electron chi connectivity index (χ3n) is 4.39. The number of carbonyl (C=O) groups excluding carboxylic acids is 2. The topological polar surface area (TPSA) is 87.2 Å². The van der Waals surface area contributed by atoms with Crippen molar-refractivity contribution in [1.82, 2.24) is 15.1 Å². The Hall–Kier alpha value is -3.10. The van der Waals surface area contributed by atoms with Crippen molar-refractivity contribution in [2.45, 2.75) is 20.4 Å². The number of benzene rings is 2. The van der Waals surface area contributed by atoms with Gasteiger partial charge in [-0.25, -0.2) is 0 Å². The van der Waals surface area contributed by atoms with Crippen LogP contribution in [0.4, 0.5) is 11.4 Å². The third-order valence-corrected chi connectivity index (χ3v) is 5.30. The molecule has 0 bridgehead atoms. The Morgan fingerprint density at radius 3 is 2.52 bits per heavy atom. The number of nitrogens with zero attached hydrogens (tertiary/aromatic N) is 3. The van der Waals surface area contributed by atoms with Gasteiger partial charge in [0.05, 0.1) is 13.1 Å². The van der Waals surface area contributed by atoms with Gasteiger partial charge in [0.15, 0.2) is 0 Å². The van der Waals surface area contributed by atoms with Gasteiger partial charge in [-0.3, -0.25) is 14.5 Å². The molecule has 2 N–H and O–H groups in total. The minimum absolute atomic E-state index is 0.104. The summed E-state index contributed by atoms with van der Waals surface area (Å²) in [6.45, 7) is 4.63. The number of rotatable bonds is 7. The molecule has 2 aromatic carbocycles. The van der Waals surface area contributed by atoms with Gasteiger partial charge in [-0.2, -0.15) is 0 Å². The van der Waals surface area contributed by atoms with Crippen LogP contribution in [-0.4, -0.2) is 40.5 Å². The van der Waals surface area contributed by atoms with Gasteiger partial charge in [0.1, 0.15) is 5.01 Å². The molecule has 0 saturated carbocycles. The summed E-state index contributed by atoms with van der Waals surface area (Å²) in [6.07, 6.45) is 0. The van der Waals surface area contributed by atoms with Gasteiger partial charge in [0.2, 0.25) is 10.9 Å². The Labute approximate surface area is 173 Å². The summed E-state index contributed by atoms with van der Waals surface area (Å²) in [5.74, 6) is -0.400. The lowest BCUT2D eigenvalue weighted by molar-refractivity contribution is -0.117. The Morgan fingerprint density at radius 1 is 1.00 bits per heavy atom. The normalized spacial score (nSPS) is 10.8. The van der Waals surface area contributed by atoms with Gasteiger partial charge in [-0.05, 0) is 50.2 Å². The van der Waals surface area contributed by atoms with Gasteiger partial charge in [-0.15, -0.1) is 10.2 Å². The van der Waals surface area contributed by atoms with Crippen LogP contribution < -0.4 is 10.6 Å². The zero-order valence-corrected chi connectivity index (χ0v) is 17.4. The van der Waals surface area contributed by atoms with Crippen LogP contribution in [0.1, 0.15) is 25.9 Å². The van der Waals surface area contributed by atoms with Crippen molar-refractivity contribution in [3.63, 3.8) is 0 Å². The fraction of sp³-hybridized carbons (Fsp3) is 0.238. The fourth-order valence-corrected chi connectivity index (χ4v) is 3.54. The number of likely N-dealkylation sites (N-methyl/N-ethyl adjacent to an activating group) is 1. The number of hydrogen-bond acceptors (Lipinski definition) is 6. The van der Waals surface area contributed by atoms with Crippen molar-refractivity contribution in [2.24, 2.45) is 0 Å². The van der Waals surface area contributed by atoms with Crippen molar-refractivity contribution in [1.29, 1.82) is 0 Å². The average Bonchev–Trinajstić information content (AvgIpc) is 3.14.